The van der Waals surface area contributed by atoms with E-state index in [9.17, 15) is 4.79 Å². The van der Waals surface area contributed by atoms with Gasteiger partial charge in [0.2, 0.25) is 0 Å². The molecule has 1 fully saturated rings. The maximum atomic E-state index is 12.0. The van der Waals surface area contributed by atoms with Crippen LogP contribution in [-0.2, 0) is 11.8 Å². The number of anilines is 1. The van der Waals surface area contributed by atoms with Crippen molar-refractivity contribution in [1.29, 1.82) is 0 Å². The van der Waals surface area contributed by atoms with Crippen LogP contribution in [0.4, 0.5) is 5.82 Å². The average molecular weight is 280 g/mol. The molecule has 1 aromatic heterocycles. The second kappa shape index (κ2) is 7.40. The van der Waals surface area contributed by atoms with Crippen LogP contribution in [0.1, 0.15) is 12.8 Å². The fourth-order valence-corrected chi connectivity index (χ4v) is 2.53. The van der Waals surface area contributed by atoms with Gasteiger partial charge in [-0.3, -0.25) is 4.79 Å². The van der Waals surface area contributed by atoms with Crippen molar-refractivity contribution in [2.45, 2.75) is 12.8 Å². The number of nitrogens with one attached hydrogen (secondary N) is 1. The van der Waals surface area contributed by atoms with Gasteiger partial charge in [0.1, 0.15) is 0 Å². The topological polar surface area (TPSA) is 59.4 Å². The van der Waals surface area contributed by atoms with Gasteiger partial charge in [-0.1, -0.05) is 0 Å². The van der Waals surface area contributed by atoms with Gasteiger partial charge < -0.3 is 19.5 Å². The molecule has 0 spiro atoms. The van der Waals surface area contributed by atoms with Crippen molar-refractivity contribution in [3.8, 4) is 0 Å². The Hall–Kier alpha value is -1.40. The van der Waals surface area contributed by atoms with E-state index in [2.05, 4.69) is 15.2 Å². The van der Waals surface area contributed by atoms with Gasteiger partial charge in [-0.15, -0.1) is 0 Å². The molecule has 0 unspecified atom stereocenters. The number of nitrogens with zero attached hydrogens (tertiary/aromatic N) is 3. The number of methoxy groups -OCH3 is 1. The standard InChI is InChI=1S/C14H24N4O2/c1-17-9-5-16-13(14(17)19)18-7-3-12(4-8-18)11-15-6-10-20-2/h5,9,12,15H,3-4,6-8,10-11H2,1-2H3. The second-order valence-corrected chi connectivity index (χ2v) is 5.29. The van der Waals surface area contributed by atoms with Crippen LogP contribution in [0.15, 0.2) is 17.2 Å². The van der Waals surface area contributed by atoms with E-state index in [0.29, 0.717) is 11.7 Å². The SMILES string of the molecule is COCCNCC1CCN(c2nccn(C)c2=O)CC1. The molecule has 6 heteroatoms. The lowest BCUT2D eigenvalue weighted by molar-refractivity contribution is 0.196. The Kier molecular flexibility index (Phi) is 5.55. The van der Waals surface area contributed by atoms with Crippen LogP contribution in [0.3, 0.4) is 0 Å². The van der Waals surface area contributed by atoms with Crippen molar-refractivity contribution in [2.75, 3.05) is 44.8 Å². The molecule has 0 radical (unpaired) electrons. The molecule has 1 N–H and O–H groups in total. The van der Waals surface area contributed by atoms with Crippen LogP contribution in [0.2, 0.25) is 0 Å². The molecule has 0 aromatic carbocycles. The highest BCUT2D eigenvalue weighted by Crippen LogP contribution is 2.18. The number of aryl methyl sites for hydroxylation is 1. The Morgan fingerprint density at radius 2 is 2.20 bits per heavy atom. The molecule has 1 aliphatic heterocycles. The van der Waals surface area contributed by atoms with E-state index < -0.39 is 0 Å². The zero-order valence-electron chi connectivity index (χ0n) is 12.3. The summed E-state index contributed by atoms with van der Waals surface area (Å²) in [5.74, 6) is 1.26. The number of rotatable bonds is 6. The number of hydrogen-bond donors (Lipinski definition) is 1. The summed E-state index contributed by atoms with van der Waals surface area (Å²) in [6.45, 7) is 4.49. The summed E-state index contributed by atoms with van der Waals surface area (Å²) < 4.78 is 6.60. The predicted molar refractivity (Wildman–Crippen MR) is 79.2 cm³/mol. The summed E-state index contributed by atoms with van der Waals surface area (Å²) in [6, 6.07) is 0. The van der Waals surface area contributed by atoms with E-state index in [1.165, 1.54) is 0 Å². The molecular weight excluding hydrogens is 256 g/mol. The third-order valence-electron chi connectivity index (χ3n) is 3.83. The maximum absolute atomic E-state index is 12.0. The Morgan fingerprint density at radius 3 is 2.90 bits per heavy atom. The number of aromatic nitrogens is 2. The first-order valence-corrected chi connectivity index (χ1v) is 7.18. The van der Waals surface area contributed by atoms with E-state index in [1.807, 2.05) is 0 Å². The number of ether oxygens (including phenoxy) is 1. The van der Waals surface area contributed by atoms with Crippen molar-refractivity contribution < 1.29 is 4.74 Å². The Labute approximate surface area is 119 Å². The van der Waals surface area contributed by atoms with Gasteiger partial charge >= 0.3 is 0 Å². The lowest BCUT2D eigenvalue weighted by Gasteiger charge is -2.32. The second-order valence-electron chi connectivity index (χ2n) is 5.29. The molecular formula is C14H24N4O2. The smallest absolute Gasteiger partial charge is 0.293 e. The molecule has 112 valence electrons. The van der Waals surface area contributed by atoms with Crippen LogP contribution in [0.5, 0.6) is 0 Å². The molecule has 20 heavy (non-hydrogen) atoms. The first kappa shape index (κ1) is 15.0. The summed E-state index contributed by atoms with van der Waals surface area (Å²) in [6.07, 6.45) is 5.58. The predicted octanol–water partition coefficient (Wildman–Crippen LogP) is 0.233. The highest BCUT2D eigenvalue weighted by Gasteiger charge is 2.21. The largest absolute Gasteiger partial charge is 0.383 e. The van der Waals surface area contributed by atoms with Crippen molar-refractivity contribution in [2.24, 2.45) is 13.0 Å². The molecule has 2 rings (SSSR count). The van der Waals surface area contributed by atoms with Crippen molar-refractivity contribution in [1.82, 2.24) is 14.9 Å². The third kappa shape index (κ3) is 3.80. The van der Waals surface area contributed by atoms with E-state index in [1.54, 1.807) is 31.1 Å². The molecule has 0 aliphatic carbocycles. The summed E-state index contributed by atoms with van der Waals surface area (Å²) in [4.78, 5) is 18.4. The molecule has 0 atom stereocenters. The monoisotopic (exact) mass is 280 g/mol. The first-order chi connectivity index (χ1) is 9.72. The van der Waals surface area contributed by atoms with Gasteiger partial charge in [-0.25, -0.2) is 4.98 Å². The Morgan fingerprint density at radius 1 is 1.45 bits per heavy atom. The summed E-state index contributed by atoms with van der Waals surface area (Å²) in [5.41, 5.74) is -0.0100. The minimum atomic E-state index is -0.0100. The molecule has 6 nitrogen and oxygen atoms in total. The zero-order chi connectivity index (χ0) is 14.4. The summed E-state index contributed by atoms with van der Waals surface area (Å²) in [5, 5.41) is 3.41. The van der Waals surface area contributed by atoms with Crippen LogP contribution in [0, 0.1) is 5.92 Å². The van der Waals surface area contributed by atoms with Crippen LogP contribution < -0.4 is 15.8 Å². The third-order valence-corrected chi connectivity index (χ3v) is 3.83. The molecule has 0 saturated carbocycles. The molecule has 1 aromatic rings. The lowest BCUT2D eigenvalue weighted by Crippen LogP contribution is -2.41. The molecule has 0 amide bonds. The Balaban J connectivity index is 1.82. The fraction of sp³-hybridized carbons (Fsp3) is 0.714. The number of piperidine rings is 1. The maximum Gasteiger partial charge on any atom is 0.293 e. The van der Waals surface area contributed by atoms with E-state index >= 15 is 0 Å². The normalized spacial score (nSPS) is 16.6. The van der Waals surface area contributed by atoms with Gasteiger partial charge in [0, 0.05) is 46.2 Å². The van der Waals surface area contributed by atoms with Crippen molar-refractivity contribution >= 4 is 5.82 Å². The highest BCUT2D eigenvalue weighted by atomic mass is 16.5. The van der Waals surface area contributed by atoms with Crippen molar-refractivity contribution in [3.63, 3.8) is 0 Å². The number of hydrogen-bond acceptors (Lipinski definition) is 5. The van der Waals surface area contributed by atoms with Crippen LogP contribution >= 0.6 is 0 Å². The van der Waals surface area contributed by atoms with E-state index in [-0.39, 0.29) is 5.56 Å². The van der Waals surface area contributed by atoms with Crippen LogP contribution in [0.25, 0.3) is 0 Å². The summed E-state index contributed by atoms with van der Waals surface area (Å²) in [7, 11) is 3.48. The van der Waals surface area contributed by atoms with Gasteiger partial charge in [0.25, 0.3) is 5.56 Å². The van der Waals surface area contributed by atoms with Crippen molar-refractivity contribution in [3.05, 3.63) is 22.7 Å². The van der Waals surface area contributed by atoms with E-state index in [4.69, 9.17) is 4.74 Å². The van der Waals surface area contributed by atoms with E-state index in [0.717, 1.165) is 45.6 Å². The van der Waals surface area contributed by atoms with Gasteiger partial charge in [0.15, 0.2) is 5.82 Å². The van der Waals surface area contributed by atoms with Gasteiger partial charge in [-0.2, -0.15) is 0 Å². The molecule has 0 bridgehead atoms. The van der Waals surface area contributed by atoms with Gasteiger partial charge in [0.05, 0.1) is 6.61 Å². The van der Waals surface area contributed by atoms with Gasteiger partial charge in [-0.05, 0) is 25.3 Å². The first-order valence-electron chi connectivity index (χ1n) is 7.18. The minimum Gasteiger partial charge on any atom is -0.383 e. The summed E-state index contributed by atoms with van der Waals surface area (Å²) >= 11 is 0. The molecule has 1 saturated heterocycles. The molecule has 1 aliphatic rings. The quantitative estimate of drug-likeness (QED) is 0.756. The average Bonchev–Trinajstić information content (AvgIpc) is 2.47. The lowest BCUT2D eigenvalue weighted by atomic mass is 9.97. The fourth-order valence-electron chi connectivity index (χ4n) is 2.53. The zero-order valence-corrected chi connectivity index (χ0v) is 12.3. The Bertz CT molecular complexity index is 466. The molecule has 2 heterocycles. The minimum absolute atomic E-state index is 0.0100. The van der Waals surface area contributed by atoms with Crippen LogP contribution in [-0.4, -0.2) is 49.4 Å². The highest BCUT2D eigenvalue weighted by molar-refractivity contribution is 5.35.